The van der Waals surface area contributed by atoms with Crippen molar-refractivity contribution in [2.24, 2.45) is 0 Å². The molecule has 616 valence electrons. The zero-order valence-corrected chi connectivity index (χ0v) is 72.7. The molecule has 0 N–H and O–H groups in total. The predicted molar refractivity (Wildman–Crippen MR) is 543 cm³/mol. The highest BCUT2D eigenvalue weighted by molar-refractivity contribution is 6.11. The Kier molecular flexibility index (Phi) is 19.6. The van der Waals surface area contributed by atoms with Gasteiger partial charge in [0.2, 0.25) is 0 Å². The van der Waals surface area contributed by atoms with Gasteiger partial charge in [0.05, 0.1) is 22.2 Å². The average Bonchev–Trinajstić information content (AvgIpc) is 1.53. The molecule has 0 atom stereocenters. The molecular formula is C126H90N2O2. The van der Waals surface area contributed by atoms with Gasteiger partial charge in [0.15, 0.2) is 0 Å². The van der Waals surface area contributed by atoms with E-state index in [1.807, 2.05) is 18.2 Å². The Morgan fingerprint density at radius 2 is 0.492 bits per heavy atom. The molecule has 0 amide bonds. The summed E-state index contributed by atoms with van der Waals surface area (Å²) in [7, 11) is 0. The van der Waals surface area contributed by atoms with Crippen LogP contribution in [0.1, 0.15) is 66.8 Å². The molecule has 20 aromatic carbocycles. The molecule has 0 saturated heterocycles. The van der Waals surface area contributed by atoms with Gasteiger partial charge in [-0.1, -0.05) is 412 Å². The molecular weight excluding hydrogens is 1570 g/mol. The number of furan rings is 2. The number of hydrogen-bond donors (Lipinski definition) is 0. The third kappa shape index (κ3) is 13.2. The quantitative estimate of drug-likeness (QED) is 0.0965. The molecule has 0 aliphatic heterocycles. The van der Waals surface area contributed by atoms with Crippen molar-refractivity contribution < 1.29 is 8.83 Å². The van der Waals surface area contributed by atoms with Crippen molar-refractivity contribution in [3.8, 4) is 89.0 Å². The molecule has 2 aliphatic rings. The van der Waals surface area contributed by atoms with Gasteiger partial charge in [-0.2, -0.15) is 0 Å². The first-order valence-electron chi connectivity index (χ1n) is 45.0. The summed E-state index contributed by atoms with van der Waals surface area (Å²) in [5.41, 5.74) is 43.3. The normalized spacial score (nSPS) is 12.6. The SMILES string of the molecule is Cc1cc(-c2ccccc2)ccc1-c1ccc(N(c2ccc(-c3cccc4c3oc3ccccc34)cc2)c2cccc3c2-c2ccccc2C3(c2ccccc2)c2ccccc2)cc1C.Cc1ccc(C2(c3ccc(C)cc3)c3ccccc3-c3c(N(c4ccc(-c5ccc(-c6ccccc6)cc5)cc4)c4ccc(-c5cccc6c5oc5ccccc56)cc4)cccc32)cc1. The van der Waals surface area contributed by atoms with Crippen molar-refractivity contribution in [2.45, 2.75) is 38.5 Å². The van der Waals surface area contributed by atoms with Gasteiger partial charge in [-0.25, -0.2) is 0 Å². The third-order valence-electron chi connectivity index (χ3n) is 27.2. The maximum absolute atomic E-state index is 6.52. The van der Waals surface area contributed by atoms with Crippen LogP contribution in [0.3, 0.4) is 0 Å². The van der Waals surface area contributed by atoms with E-state index in [2.05, 4.69) is 492 Å². The molecule has 0 radical (unpaired) electrons. The lowest BCUT2D eigenvalue weighted by atomic mass is 9.67. The maximum Gasteiger partial charge on any atom is 0.143 e. The van der Waals surface area contributed by atoms with Crippen LogP contribution in [0.4, 0.5) is 34.1 Å². The van der Waals surface area contributed by atoms with E-state index in [0.29, 0.717) is 0 Å². The average molecular weight is 1660 g/mol. The van der Waals surface area contributed by atoms with E-state index in [-0.39, 0.29) is 0 Å². The van der Waals surface area contributed by atoms with E-state index >= 15 is 0 Å². The van der Waals surface area contributed by atoms with Crippen molar-refractivity contribution in [1.82, 2.24) is 0 Å². The van der Waals surface area contributed by atoms with E-state index < -0.39 is 10.8 Å². The van der Waals surface area contributed by atoms with Gasteiger partial charge < -0.3 is 18.6 Å². The summed E-state index contributed by atoms with van der Waals surface area (Å²) < 4.78 is 13.0. The number of nitrogens with zero attached hydrogens (tertiary/aromatic N) is 2. The largest absolute Gasteiger partial charge is 0.455 e. The van der Waals surface area contributed by atoms with Crippen LogP contribution in [0.2, 0.25) is 0 Å². The molecule has 4 heteroatoms. The molecule has 2 aliphatic carbocycles. The Morgan fingerprint density at radius 1 is 0.192 bits per heavy atom. The Balaban J connectivity index is 0.000000148. The zero-order chi connectivity index (χ0) is 87.0. The van der Waals surface area contributed by atoms with Gasteiger partial charge in [0.25, 0.3) is 0 Å². The smallest absolute Gasteiger partial charge is 0.143 e. The number of fused-ring (bicyclic) bond motifs is 12. The highest BCUT2D eigenvalue weighted by Crippen LogP contribution is 2.62. The van der Waals surface area contributed by atoms with Crippen molar-refractivity contribution >= 4 is 78.0 Å². The summed E-state index contributed by atoms with van der Waals surface area (Å²) in [6.07, 6.45) is 0. The zero-order valence-electron chi connectivity index (χ0n) is 72.7. The third-order valence-corrected chi connectivity index (χ3v) is 27.2. The van der Waals surface area contributed by atoms with Crippen LogP contribution in [0, 0.1) is 27.7 Å². The number of benzene rings is 20. The van der Waals surface area contributed by atoms with E-state index in [0.717, 1.165) is 100 Å². The van der Waals surface area contributed by atoms with Crippen molar-refractivity contribution in [3.63, 3.8) is 0 Å². The maximum atomic E-state index is 6.52. The topological polar surface area (TPSA) is 32.8 Å². The first-order valence-corrected chi connectivity index (χ1v) is 45.0. The number of rotatable bonds is 16. The lowest BCUT2D eigenvalue weighted by Gasteiger charge is -2.34. The fourth-order valence-corrected chi connectivity index (χ4v) is 21.1. The molecule has 2 aromatic heterocycles. The number of para-hydroxylation sites is 4. The van der Waals surface area contributed by atoms with Crippen LogP contribution >= 0.6 is 0 Å². The summed E-state index contributed by atoms with van der Waals surface area (Å²) in [4.78, 5) is 4.92. The van der Waals surface area contributed by atoms with Crippen LogP contribution < -0.4 is 9.80 Å². The molecule has 24 rings (SSSR count). The number of aryl methyl sites for hydroxylation is 4. The van der Waals surface area contributed by atoms with E-state index in [4.69, 9.17) is 8.83 Å². The fraction of sp³-hybridized carbons (Fsp3) is 0.0476. The van der Waals surface area contributed by atoms with Crippen LogP contribution in [0.15, 0.2) is 482 Å². The lowest BCUT2D eigenvalue weighted by molar-refractivity contribution is 0.669. The Bertz CT molecular complexity index is 7930. The Morgan fingerprint density at radius 3 is 0.923 bits per heavy atom. The molecule has 0 unspecified atom stereocenters. The first kappa shape index (κ1) is 78.3. The summed E-state index contributed by atoms with van der Waals surface area (Å²) >= 11 is 0. The van der Waals surface area contributed by atoms with Crippen molar-refractivity contribution in [3.05, 3.63) is 540 Å². The van der Waals surface area contributed by atoms with Crippen molar-refractivity contribution in [2.75, 3.05) is 9.80 Å². The van der Waals surface area contributed by atoms with Crippen LogP contribution in [-0.2, 0) is 10.8 Å². The van der Waals surface area contributed by atoms with E-state index in [1.165, 1.54) is 134 Å². The minimum absolute atomic E-state index is 0.519. The van der Waals surface area contributed by atoms with Gasteiger partial charge >= 0.3 is 0 Å². The minimum atomic E-state index is -0.528. The van der Waals surface area contributed by atoms with Crippen LogP contribution in [-0.4, -0.2) is 0 Å². The predicted octanol–water partition coefficient (Wildman–Crippen LogP) is 34.1. The molecule has 4 nitrogen and oxygen atoms in total. The van der Waals surface area contributed by atoms with Crippen LogP contribution in [0.5, 0.6) is 0 Å². The highest BCUT2D eigenvalue weighted by atomic mass is 16.3. The van der Waals surface area contributed by atoms with Crippen LogP contribution in [0.25, 0.3) is 133 Å². The molecule has 130 heavy (non-hydrogen) atoms. The lowest BCUT2D eigenvalue weighted by Crippen LogP contribution is -2.28. The summed E-state index contributed by atoms with van der Waals surface area (Å²) in [5.74, 6) is 0. The molecule has 0 saturated carbocycles. The molecule has 0 spiro atoms. The summed E-state index contributed by atoms with van der Waals surface area (Å²) in [5, 5.41) is 4.52. The minimum Gasteiger partial charge on any atom is -0.455 e. The number of hydrogen-bond acceptors (Lipinski definition) is 4. The molecule has 2 heterocycles. The highest BCUT2D eigenvalue weighted by Gasteiger charge is 2.49. The van der Waals surface area contributed by atoms with E-state index in [9.17, 15) is 0 Å². The fourth-order valence-electron chi connectivity index (χ4n) is 21.1. The standard InChI is InChI=1S/2C63H45NO/c1-42-40-46(44-18-6-3-7-19-44)34-38-51(42)52-39-37-50(41-43(52)2)64(49-35-32-45(33-36-49)53-26-16-27-55-54-24-13-15-31-60(54)65-62(53)55)59-30-17-29-58-61(59)56-25-12-14-28-57(56)63(58,47-20-8-4-9-21-47)48-22-10-5-11-23-48;1-42-22-34-49(35-23-42)63(50-36-24-43(2)25-37-50)57-18-8-6-15-56(57)61-58(63)19-11-20-59(61)64(51-38-30-47(31-39-51)46-28-26-45(27-29-46)44-12-4-3-5-13-44)52-40-32-48(33-41-52)53-16-10-17-55-54-14-7-9-21-60(54)65-62(53)55/h2*3-41H,1-2H3. The second-order valence-corrected chi connectivity index (χ2v) is 34.7. The van der Waals surface area contributed by atoms with E-state index in [1.54, 1.807) is 0 Å². The van der Waals surface area contributed by atoms with Gasteiger partial charge in [-0.15, -0.1) is 0 Å². The second-order valence-electron chi connectivity index (χ2n) is 34.7. The summed E-state index contributed by atoms with van der Waals surface area (Å²) in [6, 6.07) is 173. The molecule has 22 aromatic rings. The monoisotopic (exact) mass is 1660 g/mol. The summed E-state index contributed by atoms with van der Waals surface area (Å²) in [6.45, 7) is 8.81. The molecule has 0 fully saturated rings. The van der Waals surface area contributed by atoms with Gasteiger partial charge in [-0.05, 0) is 223 Å². The van der Waals surface area contributed by atoms with Gasteiger partial charge in [0.1, 0.15) is 22.3 Å². The second kappa shape index (κ2) is 32.5. The van der Waals surface area contributed by atoms with Gasteiger partial charge in [-0.3, -0.25) is 0 Å². The first-order chi connectivity index (χ1) is 64.1. The Hall–Kier alpha value is -16.4. The number of anilines is 6. The van der Waals surface area contributed by atoms with Crippen molar-refractivity contribution in [1.29, 1.82) is 0 Å². The molecule has 0 bridgehead atoms. The van der Waals surface area contributed by atoms with Gasteiger partial charge in [0, 0.05) is 66.5 Å². The Labute approximate surface area is 758 Å².